The van der Waals surface area contributed by atoms with E-state index in [4.69, 9.17) is 9.47 Å². The van der Waals surface area contributed by atoms with Crippen LogP contribution in [-0.4, -0.2) is 64.6 Å². The topological polar surface area (TPSA) is 79.3 Å². The zero-order chi connectivity index (χ0) is 32.0. The van der Waals surface area contributed by atoms with Crippen molar-refractivity contribution < 1.29 is 24.2 Å². The Kier molecular flexibility index (Phi) is 8.14. The van der Waals surface area contributed by atoms with Crippen molar-refractivity contribution in [3.63, 3.8) is 0 Å². The molecule has 2 fully saturated rings. The van der Waals surface area contributed by atoms with Gasteiger partial charge in [0, 0.05) is 54.7 Å². The summed E-state index contributed by atoms with van der Waals surface area (Å²) >= 11 is 0. The van der Waals surface area contributed by atoms with Crippen LogP contribution in [0.2, 0.25) is 0 Å². The quantitative estimate of drug-likeness (QED) is 0.175. The van der Waals surface area contributed by atoms with E-state index in [-0.39, 0.29) is 46.9 Å². The van der Waals surface area contributed by atoms with E-state index in [2.05, 4.69) is 49.1 Å². The van der Waals surface area contributed by atoms with Crippen LogP contribution >= 0.6 is 0 Å². The smallest absolute Gasteiger partial charge is 0.308 e. The molecule has 3 aromatic carbocycles. The van der Waals surface area contributed by atoms with Gasteiger partial charge in [0.25, 0.3) is 0 Å². The zero-order valence-electron chi connectivity index (χ0n) is 27.0. The molecule has 1 spiro atoms. The van der Waals surface area contributed by atoms with E-state index in [9.17, 15) is 14.7 Å². The zero-order valence-corrected chi connectivity index (χ0v) is 27.0. The molecule has 2 heterocycles. The van der Waals surface area contributed by atoms with Crippen molar-refractivity contribution in [2.75, 3.05) is 19.6 Å². The molecule has 2 aliphatic carbocycles. The average Bonchev–Trinajstić information content (AvgIpc) is 3.39. The second-order valence-electron chi connectivity index (χ2n) is 13.9. The average molecular weight is 621 g/mol. The molecule has 7 nitrogen and oxygen atoms in total. The van der Waals surface area contributed by atoms with E-state index in [0.717, 1.165) is 61.9 Å². The molecule has 46 heavy (non-hydrogen) atoms. The Bertz CT molecular complexity index is 1640. The van der Waals surface area contributed by atoms with Crippen LogP contribution in [-0.2, 0) is 27.8 Å². The monoisotopic (exact) mass is 620 g/mol. The second kappa shape index (κ2) is 12.3. The minimum Gasteiger partial charge on any atom is -0.508 e. The highest BCUT2D eigenvalue weighted by molar-refractivity contribution is 5.92. The van der Waals surface area contributed by atoms with Crippen molar-refractivity contribution in [1.29, 1.82) is 0 Å². The molecule has 3 aromatic rings. The Morgan fingerprint density at radius 2 is 1.85 bits per heavy atom. The Morgan fingerprint density at radius 1 is 1.11 bits per heavy atom. The van der Waals surface area contributed by atoms with Crippen molar-refractivity contribution >= 4 is 18.0 Å². The Morgan fingerprint density at radius 3 is 2.57 bits per heavy atom. The van der Waals surface area contributed by atoms with E-state index < -0.39 is 5.97 Å². The highest BCUT2D eigenvalue weighted by atomic mass is 16.6. The van der Waals surface area contributed by atoms with Crippen LogP contribution < -0.4 is 9.47 Å². The summed E-state index contributed by atoms with van der Waals surface area (Å²) in [6.45, 7) is 8.13. The Labute approximate surface area is 271 Å². The molecule has 0 aromatic heterocycles. The highest BCUT2D eigenvalue weighted by Crippen LogP contribution is 2.65. The predicted molar refractivity (Wildman–Crippen MR) is 178 cm³/mol. The molecule has 4 aliphatic rings. The van der Waals surface area contributed by atoms with Gasteiger partial charge >= 0.3 is 5.97 Å². The standard InChI is InChI=1S/C39H44N2O5/c1-25(2)24-41(35(44)17-14-27-10-6-4-7-11-27)31-16-15-30-32-22-29-33(43)23-34(45-26(3)42)37-36(29)39(30,38(31)46-37)19-21-40(32)20-18-28-12-8-5-9-13-28/h4-14,17,23,25,30-32,38,43H,15-16,18-22,24H2,1-3H3/t30-,31+,32+,38-,39-/m0/s1. The molecule has 0 radical (unpaired) electrons. The summed E-state index contributed by atoms with van der Waals surface area (Å²) in [6, 6.07) is 22.2. The molecule has 240 valence electrons. The summed E-state index contributed by atoms with van der Waals surface area (Å²) in [4.78, 5) is 30.9. The van der Waals surface area contributed by atoms with Crippen LogP contribution in [0.15, 0.2) is 72.8 Å². The second-order valence-corrected chi connectivity index (χ2v) is 13.9. The number of phenols is 1. The lowest BCUT2D eigenvalue weighted by atomic mass is 9.50. The Hall–Kier alpha value is -4.10. The highest BCUT2D eigenvalue weighted by Gasteiger charge is 2.67. The Balaban J connectivity index is 1.28. The van der Waals surface area contributed by atoms with Crippen LogP contribution in [0.3, 0.4) is 0 Å². The maximum absolute atomic E-state index is 14.1. The third-order valence-electron chi connectivity index (χ3n) is 10.7. The van der Waals surface area contributed by atoms with Gasteiger partial charge in [-0.3, -0.25) is 14.5 Å². The number of piperidine rings is 1. The molecule has 2 aliphatic heterocycles. The molecular formula is C39H44N2O5. The maximum atomic E-state index is 14.1. The van der Waals surface area contributed by atoms with Gasteiger partial charge < -0.3 is 19.5 Å². The molecule has 2 bridgehead atoms. The molecule has 7 heteroatoms. The number of ether oxygens (including phenoxy) is 2. The minimum absolute atomic E-state index is 0.0205. The summed E-state index contributed by atoms with van der Waals surface area (Å²) in [5.74, 6) is 1.12. The van der Waals surface area contributed by atoms with Crippen molar-refractivity contribution in [3.8, 4) is 17.2 Å². The number of hydrogen-bond donors (Lipinski definition) is 1. The summed E-state index contributed by atoms with van der Waals surface area (Å²) in [7, 11) is 0. The predicted octanol–water partition coefficient (Wildman–Crippen LogP) is 6.17. The number of carbonyl (C=O) groups excluding carboxylic acids is 2. The summed E-state index contributed by atoms with van der Waals surface area (Å²) in [6.07, 6.45) is 7.63. The first kappa shape index (κ1) is 30.5. The molecule has 5 atom stereocenters. The van der Waals surface area contributed by atoms with Crippen LogP contribution in [0.1, 0.15) is 62.3 Å². The molecule has 7 rings (SSSR count). The first-order valence-corrected chi connectivity index (χ1v) is 16.8. The minimum atomic E-state index is -0.452. The first-order valence-electron chi connectivity index (χ1n) is 16.8. The summed E-state index contributed by atoms with van der Waals surface area (Å²) in [5.41, 5.74) is 3.85. The number of esters is 1. The van der Waals surface area contributed by atoms with Gasteiger partial charge in [-0.2, -0.15) is 0 Å². The molecule has 1 saturated heterocycles. The van der Waals surface area contributed by atoms with E-state index in [0.29, 0.717) is 18.2 Å². The van der Waals surface area contributed by atoms with Crippen LogP contribution in [0.5, 0.6) is 17.2 Å². The number of amides is 1. The van der Waals surface area contributed by atoms with E-state index in [1.165, 1.54) is 12.5 Å². The lowest BCUT2D eigenvalue weighted by molar-refractivity contribution is -0.138. The molecule has 1 amide bonds. The summed E-state index contributed by atoms with van der Waals surface area (Å²) in [5, 5.41) is 11.5. The molecular weight excluding hydrogens is 576 g/mol. The summed E-state index contributed by atoms with van der Waals surface area (Å²) < 4.78 is 12.7. The number of nitrogens with zero attached hydrogens (tertiary/aromatic N) is 2. The van der Waals surface area contributed by atoms with Crippen molar-refractivity contribution in [3.05, 3.63) is 95.1 Å². The third-order valence-corrected chi connectivity index (χ3v) is 10.7. The SMILES string of the molecule is CC(=O)Oc1cc(O)c2c3c1O[C@H]1[C@H](N(CC(C)C)C(=O)C=Cc4ccccc4)CC[C@H]4[C@@H](C2)N(CCc2ccccc2)CC[C@@]341. The van der Waals surface area contributed by atoms with Gasteiger partial charge in [0.1, 0.15) is 11.9 Å². The van der Waals surface area contributed by atoms with E-state index in [1.807, 2.05) is 41.3 Å². The number of carbonyl (C=O) groups is 2. The number of phenolic OH excluding ortho intramolecular Hbond substituents is 1. The van der Waals surface area contributed by atoms with E-state index in [1.54, 1.807) is 12.1 Å². The number of hydrogen-bond acceptors (Lipinski definition) is 6. The van der Waals surface area contributed by atoms with Crippen LogP contribution in [0.25, 0.3) is 6.08 Å². The molecule has 1 saturated carbocycles. The van der Waals surface area contributed by atoms with Gasteiger partial charge in [0.2, 0.25) is 5.91 Å². The van der Waals surface area contributed by atoms with Gasteiger partial charge in [0.15, 0.2) is 11.5 Å². The van der Waals surface area contributed by atoms with Crippen LogP contribution in [0.4, 0.5) is 0 Å². The van der Waals surface area contributed by atoms with Crippen molar-refractivity contribution in [2.24, 2.45) is 11.8 Å². The molecule has 0 unspecified atom stereocenters. The van der Waals surface area contributed by atoms with Gasteiger partial charge in [-0.1, -0.05) is 74.5 Å². The van der Waals surface area contributed by atoms with Gasteiger partial charge in [-0.05, 0) is 67.7 Å². The third kappa shape index (κ3) is 5.28. The van der Waals surface area contributed by atoms with Gasteiger partial charge in [-0.15, -0.1) is 0 Å². The fraction of sp³-hybridized carbons (Fsp3) is 0.436. The number of likely N-dealkylation sites (tertiary alicyclic amines) is 1. The lowest BCUT2D eigenvalue weighted by Crippen LogP contribution is -2.69. The number of aromatic hydroxyl groups is 1. The number of rotatable bonds is 9. The maximum Gasteiger partial charge on any atom is 0.308 e. The van der Waals surface area contributed by atoms with Crippen molar-refractivity contribution in [2.45, 2.75) is 76.5 Å². The lowest BCUT2D eigenvalue weighted by Gasteiger charge is -2.60. The van der Waals surface area contributed by atoms with Crippen molar-refractivity contribution in [1.82, 2.24) is 9.80 Å². The fourth-order valence-corrected chi connectivity index (χ4v) is 9.01. The van der Waals surface area contributed by atoms with Gasteiger partial charge in [-0.25, -0.2) is 0 Å². The fourth-order valence-electron chi connectivity index (χ4n) is 9.01. The molecule has 1 N–H and O–H groups in total. The number of benzene rings is 3. The normalized spacial score (nSPS) is 26.1. The van der Waals surface area contributed by atoms with Gasteiger partial charge in [0.05, 0.1) is 6.04 Å². The first-order chi connectivity index (χ1) is 22.3. The van der Waals surface area contributed by atoms with E-state index >= 15 is 0 Å². The van der Waals surface area contributed by atoms with Crippen LogP contribution in [0, 0.1) is 11.8 Å². The largest absolute Gasteiger partial charge is 0.508 e.